The van der Waals surface area contributed by atoms with Gasteiger partial charge in [0.05, 0.1) is 6.04 Å². The van der Waals surface area contributed by atoms with Crippen LogP contribution in [0.4, 0.5) is 11.6 Å². The molecule has 0 aromatic carbocycles. The van der Waals surface area contributed by atoms with Crippen molar-refractivity contribution in [1.29, 1.82) is 0 Å². The van der Waals surface area contributed by atoms with Crippen molar-refractivity contribution < 1.29 is 0 Å². The van der Waals surface area contributed by atoms with Gasteiger partial charge in [-0.1, -0.05) is 6.92 Å². The SMILES string of the molecule is CCNc1ncnc(NC(C)c2ccsc2)c1CC. The summed E-state index contributed by atoms with van der Waals surface area (Å²) in [5, 5.41) is 11.0. The van der Waals surface area contributed by atoms with E-state index in [-0.39, 0.29) is 6.04 Å². The van der Waals surface area contributed by atoms with Gasteiger partial charge in [0.1, 0.15) is 18.0 Å². The normalized spacial score (nSPS) is 12.2. The second kappa shape index (κ2) is 6.52. The molecule has 0 fully saturated rings. The molecule has 2 rings (SSSR count). The highest BCUT2D eigenvalue weighted by atomic mass is 32.1. The third kappa shape index (κ3) is 3.23. The number of thiophene rings is 1. The van der Waals surface area contributed by atoms with Crippen molar-refractivity contribution in [2.75, 3.05) is 17.2 Å². The summed E-state index contributed by atoms with van der Waals surface area (Å²) in [4.78, 5) is 8.69. The van der Waals surface area contributed by atoms with Gasteiger partial charge in [-0.2, -0.15) is 11.3 Å². The Hall–Kier alpha value is -1.62. The van der Waals surface area contributed by atoms with Crippen molar-refractivity contribution in [2.45, 2.75) is 33.2 Å². The predicted molar refractivity (Wildman–Crippen MR) is 81.9 cm³/mol. The number of aromatic nitrogens is 2. The molecule has 5 heteroatoms. The lowest BCUT2D eigenvalue weighted by atomic mass is 10.1. The van der Waals surface area contributed by atoms with Gasteiger partial charge in [0.2, 0.25) is 0 Å². The summed E-state index contributed by atoms with van der Waals surface area (Å²) in [7, 11) is 0. The molecule has 0 amide bonds. The van der Waals surface area contributed by atoms with Crippen molar-refractivity contribution in [1.82, 2.24) is 9.97 Å². The zero-order chi connectivity index (χ0) is 13.7. The molecule has 0 spiro atoms. The van der Waals surface area contributed by atoms with E-state index in [1.165, 1.54) is 5.56 Å². The van der Waals surface area contributed by atoms with Gasteiger partial charge in [-0.15, -0.1) is 0 Å². The Morgan fingerprint density at radius 3 is 2.68 bits per heavy atom. The van der Waals surface area contributed by atoms with Gasteiger partial charge in [-0.05, 0) is 42.7 Å². The van der Waals surface area contributed by atoms with E-state index in [2.05, 4.69) is 58.2 Å². The van der Waals surface area contributed by atoms with E-state index in [1.807, 2.05) is 0 Å². The number of hydrogen-bond acceptors (Lipinski definition) is 5. The minimum atomic E-state index is 0.251. The quantitative estimate of drug-likeness (QED) is 0.844. The standard InChI is InChI=1S/C14H20N4S/c1-4-12-13(15-5-2)16-9-17-14(12)18-10(3)11-6-7-19-8-11/h6-10H,4-5H2,1-3H3,(H2,15,16,17,18). The van der Waals surface area contributed by atoms with Crippen LogP contribution in [0.5, 0.6) is 0 Å². The molecule has 1 atom stereocenters. The van der Waals surface area contributed by atoms with Gasteiger partial charge >= 0.3 is 0 Å². The van der Waals surface area contributed by atoms with Gasteiger partial charge in [0.25, 0.3) is 0 Å². The van der Waals surface area contributed by atoms with Crippen LogP contribution < -0.4 is 10.6 Å². The third-order valence-electron chi connectivity index (χ3n) is 3.04. The fraction of sp³-hybridized carbons (Fsp3) is 0.429. The van der Waals surface area contributed by atoms with Gasteiger partial charge in [0, 0.05) is 12.1 Å². The Bertz CT molecular complexity index is 510. The number of nitrogens with one attached hydrogen (secondary N) is 2. The van der Waals surface area contributed by atoms with Crippen molar-refractivity contribution in [3.8, 4) is 0 Å². The minimum absolute atomic E-state index is 0.251. The molecular weight excluding hydrogens is 256 g/mol. The number of anilines is 2. The lowest BCUT2D eigenvalue weighted by molar-refractivity contribution is 0.867. The highest BCUT2D eigenvalue weighted by Crippen LogP contribution is 2.25. The van der Waals surface area contributed by atoms with Gasteiger partial charge < -0.3 is 10.6 Å². The van der Waals surface area contributed by atoms with Crippen LogP contribution in [0, 0.1) is 0 Å². The van der Waals surface area contributed by atoms with Crippen molar-refractivity contribution in [2.24, 2.45) is 0 Å². The zero-order valence-electron chi connectivity index (χ0n) is 11.6. The second-order valence-corrected chi connectivity index (χ2v) is 5.14. The van der Waals surface area contributed by atoms with Crippen LogP contribution in [0.25, 0.3) is 0 Å². The first-order valence-electron chi connectivity index (χ1n) is 6.62. The highest BCUT2D eigenvalue weighted by molar-refractivity contribution is 7.07. The van der Waals surface area contributed by atoms with Crippen LogP contribution in [-0.4, -0.2) is 16.5 Å². The Morgan fingerprint density at radius 2 is 2.05 bits per heavy atom. The zero-order valence-corrected chi connectivity index (χ0v) is 12.4. The lowest BCUT2D eigenvalue weighted by Gasteiger charge is -2.17. The summed E-state index contributed by atoms with van der Waals surface area (Å²) in [5.41, 5.74) is 2.43. The highest BCUT2D eigenvalue weighted by Gasteiger charge is 2.12. The van der Waals surface area contributed by atoms with E-state index >= 15 is 0 Å². The van der Waals surface area contributed by atoms with E-state index < -0.39 is 0 Å². The molecule has 0 bridgehead atoms. The van der Waals surface area contributed by atoms with Crippen molar-refractivity contribution >= 4 is 23.0 Å². The summed E-state index contributed by atoms with van der Waals surface area (Å²) in [6.07, 6.45) is 2.52. The van der Waals surface area contributed by atoms with E-state index in [0.717, 1.165) is 30.2 Å². The van der Waals surface area contributed by atoms with E-state index in [4.69, 9.17) is 0 Å². The van der Waals surface area contributed by atoms with Crippen LogP contribution in [0.3, 0.4) is 0 Å². The lowest BCUT2D eigenvalue weighted by Crippen LogP contribution is -2.12. The molecule has 0 aliphatic rings. The molecular formula is C14H20N4S. The van der Waals surface area contributed by atoms with E-state index in [9.17, 15) is 0 Å². The van der Waals surface area contributed by atoms with Crippen LogP contribution in [0.15, 0.2) is 23.2 Å². The van der Waals surface area contributed by atoms with Gasteiger partial charge in [0.15, 0.2) is 0 Å². The van der Waals surface area contributed by atoms with Gasteiger partial charge in [-0.3, -0.25) is 0 Å². The number of hydrogen-bond donors (Lipinski definition) is 2. The third-order valence-corrected chi connectivity index (χ3v) is 3.74. The maximum absolute atomic E-state index is 4.38. The fourth-order valence-electron chi connectivity index (χ4n) is 2.00. The molecule has 19 heavy (non-hydrogen) atoms. The van der Waals surface area contributed by atoms with Crippen LogP contribution in [0.1, 0.15) is 37.9 Å². The molecule has 2 aromatic heterocycles. The first kappa shape index (κ1) is 13.8. The molecule has 2 aromatic rings. The van der Waals surface area contributed by atoms with E-state index in [1.54, 1.807) is 17.7 Å². The Balaban J connectivity index is 2.22. The second-order valence-electron chi connectivity index (χ2n) is 4.36. The van der Waals surface area contributed by atoms with E-state index in [0.29, 0.717) is 0 Å². The molecule has 2 heterocycles. The Kier molecular flexibility index (Phi) is 4.74. The monoisotopic (exact) mass is 276 g/mol. The number of rotatable bonds is 6. The molecule has 2 N–H and O–H groups in total. The maximum Gasteiger partial charge on any atom is 0.135 e. The maximum atomic E-state index is 4.38. The smallest absolute Gasteiger partial charge is 0.135 e. The summed E-state index contributed by atoms with van der Waals surface area (Å²) in [6.45, 7) is 7.21. The molecule has 0 radical (unpaired) electrons. The molecule has 0 saturated carbocycles. The van der Waals surface area contributed by atoms with Crippen LogP contribution in [0.2, 0.25) is 0 Å². The first-order valence-corrected chi connectivity index (χ1v) is 7.56. The summed E-state index contributed by atoms with van der Waals surface area (Å²) < 4.78 is 0. The summed E-state index contributed by atoms with van der Waals surface area (Å²) in [5.74, 6) is 1.85. The largest absolute Gasteiger partial charge is 0.370 e. The average molecular weight is 276 g/mol. The fourth-order valence-corrected chi connectivity index (χ4v) is 2.76. The molecule has 102 valence electrons. The topological polar surface area (TPSA) is 49.8 Å². The minimum Gasteiger partial charge on any atom is -0.370 e. The average Bonchev–Trinajstić information content (AvgIpc) is 2.93. The van der Waals surface area contributed by atoms with Gasteiger partial charge in [-0.25, -0.2) is 9.97 Å². The Morgan fingerprint density at radius 1 is 1.26 bits per heavy atom. The van der Waals surface area contributed by atoms with Crippen LogP contribution >= 0.6 is 11.3 Å². The summed E-state index contributed by atoms with van der Waals surface area (Å²) in [6, 6.07) is 2.39. The van der Waals surface area contributed by atoms with Crippen molar-refractivity contribution in [3.05, 3.63) is 34.3 Å². The predicted octanol–water partition coefficient (Wildman–Crippen LogP) is 3.71. The molecule has 0 aliphatic heterocycles. The molecule has 1 unspecified atom stereocenters. The van der Waals surface area contributed by atoms with Crippen LogP contribution in [-0.2, 0) is 6.42 Å². The molecule has 0 aliphatic carbocycles. The van der Waals surface area contributed by atoms with Crippen molar-refractivity contribution in [3.63, 3.8) is 0 Å². The molecule has 0 saturated heterocycles. The number of nitrogens with zero attached hydrogens (tertiary/aromatic N) is 2. The molecule has 4 nitrogen and oxygen atoms in total. The first-order chi connectivity index (χ1) is 9.26. The Labute approximate surface area is 118 Å². The summed E-state index contributed by atoms with van der Waals surface area (Å²) >= 11 is 1.71.